The standard InChI is InChI=1S/C20H20N2OS/c23-19(12-11-17-7-3-1-4-8-17)22-15-16-24-20(22)21-14-13-18-9-5-2-6-10-18/h1-12H,13-16H2/b12-11+,21-20?. The molecule has 0 N–H and O–H groups in total. The maximum absolute atomic E-state index is 12.4. The van der Waals surface area contributed by atoms with Gasteiger partial charge in [0.15, 0.2) is 5.17 Å². The van der Waals surface area contributed by atoms with Gasteiger partial charge in [0.1, 0.15) is 0 Å². The van der Waals surface area contributed by atoms with Crippen LogP contribution in [0.15, 0.2) is 71.7 Å². The lowest BCUT2D eigenvalue weighted by Crippen LogP contribution is -2.30. The van der Waals surface area contributed by atoms with E-state index in [4.69, 9.17) is 0 Å². The second-order valence-corrected chi connectivity index (χ2v) is 6.54. The maximum atomic E-state index is 12.4. The monoisotopic (exact) mass is 336 g/mol. The van der Waals surface area contributed by atoms with Crippen molar-refractivity contribution in [2.45, 2.75) is 6.42 Å². The van der Waals surface area contributed by atoms with Gasteiger partial charge in [0.25, 0.3) is 5.91 Å². The first-order valence-electron chi connectivity index (χ1n) is 8.09. The summed E-state index contributed by atoms with van der Waals surface area (Å²) < 4.78 is 0. The topological polar surface area (TPSA) is 32.7 Å². The number of rotatable bonds is 5. The summed E-state index contributed by atoms with van der Waals surface area (Å²) in [5.74, 6) is 0.914. The number of thioether (sulfide) groups is 1. The molecule has 4 heteroatoms. The minimum Gasteiger partial charge on any atom is -0.287 e. The molecule has 1 heterocycles. The molecule has 0 spiro atoms. The Hall–Kier alpha value is -2.33. The molecule has 3 rings (SSSR count). The van der Waals surface area contributed by atoms with E-state index >= 15 is 0 Å². The molecule has 1 aliphatic heterocycles. The number of hydrogen-bond donors (Lipinski definition) is 0. The zero-order valence-electron chi connectivity index (χ0n) is 13.5. The highest BCUT2D eigenvalue weighted by molar-refractivity contribution is 8.14. The predicted molar refractivity (Wildman–Crippen MR) is 102 cm³/mol. The number of aliphatic imine (C=N–C) groups is 1. The number of carbonyl (C=O) groups is 1. The van der Waals surface area contributed by atoms with Crippen molar-refractivity contribution in [3.05, 3.63) is 77.9 Å². The van der Waals surface area contributed by atoms with Crippen molar-refractivity contribution in [2.75, 3.05) is 18.8 Å². The number of amides is 1. The molecule has 1 fully saturated rings. The molecule has 0 atom stereocenters. The van der Waals surface area contributed by atoms with Gasteiger partial charge in [-0.25, -0.2) is 0 Å². The Balaban J connectivity index is 1.59. The van der Waals surface area contributed by atoms with Crippen LogP contribution in [0.25, 0.3) is 6.08 Å². The van der Waals surface area contributed by atoms with Crippen molar-refractivity contribution in [2.24, 2.45) is 4.99 Å². The molecule has 0 aromatic heterocycles. The van der Waals surface area contributed by atoms with Gasteiger partial charge in [-0.15, -0.1) is 0 Å². The second kappa shape index (κ2) is 8.50. The molecule has 2 aromatic rings. The van der Waals surface area contributed by atoms with Gasteiger partial charge in [-0.2, -0.15) is 0 Å². The summed E-state index contributed by atoms with van der Waals surface area (Å²) >= 11 is 1.66. The molecule has 2 aromatic carbocycles. The maximum Gasteiger partial charge on any atom is 0.252 e. The lowest BCUT2D eigenvalue weighted by Gasteiger charge is -2.13. The van der Waals surface area contributed by atoms with Crippen LogP contribution in [0.5, 0.6) is 0 Å². The highest BCUT2D eigenvalue weighted by Crippen LogP contribution is 2.19. The van der Waals surface area contributed by atoms with Crippen LogP contribution in [0, 0.1) is 0 Å². The summed E-state index contributed by atoms with van der Waals surface area (Å²) in [6.45, 7) is 1.44. The molecule has 0 unspecified atom stereocenters. The van der Waals surface area contributed by atoms with Gasteiger partial charge in [0, 0.05) is 24.9 Å². The Morgan fingerprint density at radius 2 is 1.79 bits per heavy atom. The summed E-state index contributed by atoms with van der Waals surface area (Å²) in [7, 11) is 0. The zero-order valence-corrected chi connectivity index (χ0v) is 14.3. The van der Waals surface area contributed by atoms with Gasteiger partial charge in [-0.05, 0) is 23.6 Å². The zero-order chi connectivity index (χ0) is 16.6. The van der Waals surface area contributed by atoms with E-state index < -0.39 is 0 Å². The van der Waals surface area contributed by atoms with E-state index in [2.05, 4.69) is 17.1 Å². The third kappa shape index (κ3) is 4.59. The molecule has 1 aliphatic rings. The molecule has 1 saturated heterocycles. The highest BCUT2D eigenvalue weighted by Gasteiger charge is 2.23. The summed E-state index contributed by atoms with van der Waals surface area (Å²) in [4.78, 5) is 18.8. The molecule has 0 aliphatic carbocycles. The third-order valence-corrected chi connectivity index (χ3v) is 4.75. The van der Waals surface area contributed by atoms with Gasteiger partial charge < -0.3 is 0 Å². The minimum atomic E-state index is 0.00214. The molecule has 3 nitrogen and oxygen atoms in total. The normalized spacial score (nSPS) is 16.2. The first-order valence-corrected chi connectivity index (χ1v) is 9.07. The summed E-state index contributed by atoms with van der Waals surface area (Å²) in [6.07, 6.45) is 4.38. The van der Waals surface area contributed by atoms with Crippen LogP contribution in [0.4, 0.5) is 0 Å². The van der Waals surface area contributed by atoms with E-state index in [1.165, 1.54) is 5.56 Å². The number of benzene rings is 2. The van der Waals surface area contributed by atoms with Gasteiger partial charge in [0.05, 0.1) is 0 Å². The van der Waals surface area contributed by atoms with Crippen molar-refractivity contribution >= 4 is 28.9 Å². The van der Waals surface area contributed by atoms with Crippen LogP contribution >= 0.6 is 11.8 Å². The van der Waals surface area contributed by atoms with Crippen LogP contribution in [0.1, 0.15) is 11.1 Å². The van der Waals surface area contributed by atoms with Crippen LogP contribution in [-0.2, 0) is 11.2 Å². The van der Waals surface area contributed by atoms with Crippen molar-refractivity contribution in [1.82, 2.24) is 4.90 Å². The molecule has 1 amide bonds. The van der Waals surface area contributed by atoms with E-state index in [1.807, 2.05) is 54.6 Å². The van der Waals surface area contributed by atoms with Gasteiger partial charge in [-0.3, -0.25) is 14.7 Å². The summed E-state index contributed by atoms with van der Waals surface area (Å²) in [5, 5.41) is 0.841. The lowest BCUT2D eigenvalue weighted by atomic mass is 10.2. The fourth-order valence-electron chi connectivity index (χ4n) is 2.48. The lowest BCUT2D eigenvalue weighted by molar-refractivity contribution is -0.121. The van der Waals surface area contributed by atoms with E-state index in [0.29, 0.717) is 6.54 Å². The van der Waals surface area contributed by atoms with E-state index in [1.54, 1.807) is 22.7 Å². The van der Waals surface area contributed by atoms with Crippen LogP contribution in [0.3, 0.4) is 0 Å². The SMILES string of the molecule is O=C(/C=C/c1ccccc1)N1CCSC1=NCCc1ccccc1. The Bertz CT molecular complexity index is 726. The molecule has 24 heavy (non-hydrogen) atoms. The average Bonchev–Trinajstić information content (AvgIpc) is 3.10. The first kappa shape index (κ1) is 16.5. The average molecular weight is 336 g/mol. The Morgan fingerprint density at radius 1 is 1.08 bits per heavy atom. The predicted octanol–water partition coefficient (Wildman–Crippen LogP) is 3.87. The Kier molecular flexibility index (Phi) is 5.85. The molecule has 122 valence electrons. The van der Waals surface area contributed by atoms with Gasteiger partial charge in [0.2, 0.25) is 0 Å². The van der Waals surface area contributed by atoms with Crippen molar-refractivity contribution in [3.63, 3.8) is 0 Å². The molecule has 0 saturated carbocycles. The molecular weight excluding hydrogens is 316 g/mol. The van der Waals surface area contributed by atoms with E-state index in [9.17, 15) is 4.79 Å². The highest BCUT2D eigenvalue weighted by atomic mass is 32.2. The van der Waals surface area contributed by atoms with Gasteiger partial charge >= 0.3 is 0 Å². The Labute approximate surface area is 147 Å². The summed E-state index contributed by atoms with van der Waals surface area (Å²) in [6, 6.07) is 20.2. The van der Waals surface area contributed by atoms with Crippen molar-refractivity contribution < 1.29 is 4.79 Å². The minimum absolute atomic E-state index is 0.00214. The molecule has 0 bridgehead atoms. The number of carbonyl (C=O) groups excluding carboxylic acids is 1. The fraction of sp³-hybridized carbons (Fsp3) is 0.200. The summed E-state index contributed by atoms with van der Waals surface area (Å²) in [5.41, 5.74) is 2.30. The van der Waals surface area contributed by atoms with Crippen LogP contribution < -0.4 is 0 Å². The Morgan fingerprint density at radius 3 is 2.54 bits per heavy atom. The number of amidine groups is 1. The van der Waals surface area contributed by atoms with Crippen LogP contribution in [0.2, 0.25) is 0 Å². The third-order valence-electron chi connectivity index (χ3n) is 3.75. The number of hydrogen-bond acceptors (Lipinski definition) is 3. The fourth-order valence-corrected chi connectivity index (χ4v) is 3.46. The van der Waals surface area contributed by atoms with Crippen molar-refractivity contribution in [1.29, 1.82) is 0 Å². The first-order chi connectivity index (χ1) is 11.8. The van der Waals surface area contributed by atoms with E-state index in [-0.39, 0.29) is 5.91 Å². The number of nitrogens with zero attached hydrogens (tertiary/aromatic N) is 2. The largest absolute Gasteiger partial charge is 0.287 e. The van der Waals surface area contributed by atoms with Crippen molar-refractivity contribution in [3.8, 4) is 0 Å². The van der Waals surface area contributed by atoms with Crippen LogP contribution in [-0.4, -0.2) is 34.8 Å². The quantitative estimate of drug-likeness (QED) is 0.776. The smallest absolute Gasteiger partial charge is 0.252 e. The molecule has 0 radical (unpaired) electrons. The van der Waals surface area contributed by atoms with Gasteiger partial charge in [-0.1, -0.05) is 72.4 Å². The van der Waals surface area contributed by atoms with E-state index in [0.717, 1.165) is 29.4 Å². The second-order valence-electron chi connectivity index (χ2n) is 5.48. The molecular formula is C20H20N2OS.